The molecule has 0 amide bonds. The highest BCUT2D eigenvalue weighted by Gasteiger charge is 2.31. The number of nitrogens with two attached hydrogens (primary N) is 1. The maximum absolute atomic E-state index is 12.4. The maximum Gasteiger partial charge on any atom is 0.416 e. The molecule has 0 bridgehead atoms. The average Bonchev–Trinajstić information content (AvgIpc) is 2.28. The minimum absolute atomic E-state index is 0.282. The maximum atomic E-state index is 12.4. The van der Waals surface area contributed by atoms with Crippen molar-refractivity contribution in [1.29, 1.82) is 0 Å². The highest BCUT2D eigenvalue weighted by atomic mass is 19.4. The Morgan fingerprint density at radius 2 is 1.61 bits per heavy atom. The first-order valence-electron chi connectivity index (χ1n) is 6.14. The standard InChI is InChI=1S/C14H20F3N/c1-4-13(18,10(2)3)9-11-5-7-12(8-6-11)14(15,16)17/h5-8,10H,4,9,18H2,1-3H3. The number of rotatable bonds is 4. The van der Waals surface area contributed by atoms with Crippen LogP contribution in [-0.2, 0) is 12.6 Å². The monoisotopic (exact) mass is 259 g/mol. The summed E-state index contributed by atoms with van der Waals surface area (Å²) >= 11 is 0. The molecule has 1 nitrogen and oxygen atoms in total. The number of alkyl halides is 3. The van der Waals surface area contributed by atoms with Crippen LogP contribution in [-0.4, -0.2) is 5.54 Å². The number of hydrogen-bond acceptors (Lipinski definition) is 1. The van der Waals surface area contributed by atoms with Crippen molar-refractivity contribution in [2.45, 2.75) is 45.3 Å². The van der Waals surface area contributed by atoms with Gasteiger partial charge in [-0.25, -0.2) is 0 Å². The Morgan fingerprint density at radius 3 is 1.94 bits per heavy atom. The van der Waals surface area contributed by atoms with Crippen molar-refractivity contribution in [2.75, 3.05) is 0 Å². The summed E-state index contributed by atoms with van der Waals surface area (Å²) in [7, 11) is 0. The van der Waals surface area contributed by atoms with Crippen LogP contribution >= 0.6 is 0 Å². The van der Waals surface area contributed by atoms with E-state index in [1.165, 1.54) is 12.1 Å². The summed E-state index contributed by atoms with van der Waals surface area (Å²) in [5, 5.41) is 0. The highest BCUT2D eigenvalue weighted by molar-refractivity contribution is 5.26. The Bertz CT molecular complexity index is 381. The lowest BCUT2D eigenvalue weighted by atomic mass is 9.80. The van der Waals surface area contributed by atoms with Gasteiger partial charge in [0, 0.05) is 5.54 Å². The summed E-state index contributed by atoms with van der Waals surface area (Å²) in [5.41, 5.74) is 6.14. The van der Waals surface area contributed by atoms with Gasteiger partial charge in [-0.2, -0.15) is 13.2 Å². The lowest BCUT2D eigenvalue weighted by Crippen LogP contribution is -2.46. The van der Waals surface area contributed by atoms with Gasteiger partial charge in [0.1, 0.15) is 0 Å². The Labute approximate surface area is 106 Å². The molecule has 1 rings (SSSR count). The van der Waals surface area contributed by atoms with Gasteiger partial charge in [-0.15, -0.1) is 0 Å². The van der Waals surface area contributed by atoms with Gasteiger partial charge in [0.15, 0.2) is 0 Å². The van der Waals surface area contributed by atoms with Gasteiger partial charge in [0.25, 0.3) is 0 Å². The van der Waals surface area contributed by atoms with Gasteiger partial charge in [-0.1, -0.05) is 32.9 Å². The van der Waals surface area contributed by atoms with Crippen molar-refractivity contribution in [3.63, 3.8) is 0 Å². The molecule has 0 aliphatic rings. The van der Waals surface area contributed by atoms with Gasteiger partial charge in [0.2, 0.25) is 0 Å². The predicted molar refractivity (Wildman–Crippen MR) is 67.2 cm³/mol. The fraction of sp³-hybridized carbons (Fsp3) is 0.571. The quantitative estimate of drug-likeness (QED) is 0.868. The van der Waals surface area contributed by atoms with Crippen LogP contribution in [0.25, 0.3) is 0 Å². The number of hydrogen-bond donors (Lipinski definition) is 1. The lowest BCUT2D eigenvalue weighted by Gasteiger charge is -2.32. The molecular weight excluding hydrogens is 239 g/mol. The summed E-state index contributed by atoms with van der Waals surface area (Å²) < 4.78 is 37.3. The van der Waals surface area contributed by atoms with Crippen molar-refractivity contribution in [1.82, 2.24) is 0 Å². The Morgan fingerprint density at radius 1 is 1.11 bits per heavy atom. The third-order valence-electron chi connectivity index (χ3n) is 3.62. The van der Waals surface area contributed by atoms with Crippen LogP contribution in [0.15, 0.2) is 24.3 Å². The first kappa shape index (κ1) is 15.0. The summed E-state index contributed by atoms with van der Waals surface area (Å²) in [4.78, 5) is 0. The van der Waals surface area contributed by atoms with E-state index in [4.69, 9.17) is 5.73 Å². The normalized spacial score (nSPS) is 15.8. The van der Waals surface area contributed by atoms with Crippen LogP contribution in [0.2, 0.25) is 0 Å². The third kappa shape index (κ3) is 3.48. The van der Waals surface area contributed by atoms with E-state index < -0.39 is 11.7 Å². The summed E-state index contributed by atoms with van der Waals surface area (Å²) in [6.07, 6.45) is -2.88. The Balaban J connectivity index is 2.87. The molecule has 1 aromatic carbocycles. The van der Waals surface area contributed by atoms with Crippen molar-refractivity contribution in [2.24, 2.45) is 11.7 Å². The van der Waals surface area contributed by atoms with Crippen LogP contribution in [0.3, 0.4) is 0 Å². The highest BCUT2D eigenvalue weighted by Crippen LogP contribution is 2.30. The van der Waals surface area contributed by atoms with Crippen LogP contribution in [0.4, 0.5) is 13.2 Å². The molecule has 4 heteroatoms. The predicted octanol–water partition coefficient (Wildman–Crippen LogP) is 4.01. The minimum Gasteiger partial charge on any atom is -0.325 e. The molecule has 1 atom stereocenters. The van der Waals surface area contributed by atoms with E-state index in [-0.39, 0.29) is 11.5 Å². The zero-order chi connectivity index (χ0) is 14.0. The molecule has 0 aromatic heterocycles. The van der Waals surface area contributed by atoms with Gasteiger partial charge >= 0.3 is 6.18 Å². The fourth-order valence-electron chi connectivity index (χ4n) is 1.93. The van der Waals surface area contributed by atoms with E-state index in [0.717, 1.165) is 24.1 Å². The molecule has 0 heterocycles. The van der Waals surface area contributed by atoms with E-state index in [9.17, 15) is 13.2 Å². The van der Waals surface area contributed by atoms with Gasteiger partial charge in [0.05, 0.1) is 5.56 Å². The van der Waals surface area contributed by atoms with Crippen molar-refractivity contribution < 1.29 is 13.2 Å². The molecule has 0 aliphatic carbocycles. The smallest absolute Gasteiger partial charge is 0.325 e. The first-order chi connectivity index (χ1) is 8.19. The topological polar surface area (TPSA) is 26.0 Å². The zero-order valence-electron chi connectivity index (χ0n) is 11.0. The second-order valence-corrected chi connectivity index (χ2v) is 5.11. The molecule has 0 saturated heterocycles. The lowest BCUT2D eigenvalue weighted by molar-refractivity contribution is -0.137. The molecule has 0 radical (unpaired) electrons. The Kier molecular flexibility index (Phi) is 4.43. The molecule has 18 heavy (non-hydrogen) atoms. The van der Waals surface area contributed by atoms with Crippen LogP contribution < -0.4 is 5.73 Å². The van der Waals surface area contributed by atoms with Crippen LogP contribution in [0, 0.1) is 5.92 Å². The zero-order valence-corrected chi connectivity index (χ0v) is 11.0. The van der Waals surface area contributed by atoms with Gasteiger partial charge < -0.3 is 5.73 Å². The summed E-state index contributed by atoms with van der Waals surface area (Å²) in [6, 6.07) is 5.27. The largest absolute Gasteiger partial charge is 0.416 e. The summed E-state index contributed by atoms with van der Waals surface area (Å²) in [5.74, 6) is 0.282. The van der Waals surface area contributed by atoms with E-state index in [0.29, 0.717) is 6.42 Å². The van der Waals surface area contributed by atoms with Crippen molar-refractivity contribution in [3.8, 4) is 0 Å². The van der Waals surface area contributed by atoms with Crippen LogP contribution in [0.1, 0.15) is 38.3 Å². The SMILES string of the molecule is CCC(N)(Cc1ccc(C(F)(F)F)cc1)C(C)C. The molecule has 102 valence electrons. The van der Waals surface area contributed by atoms with Crippen molar-refractivity contribution >= 4 is 0 Å². The average molecular weight is 259 g/mol. The van der Waals surface area contributed by atoms with E-state index in [1.807, 2.05) is 20.8 Å². The molecule has 0 spiro atoms. The Hall–Kier alpha value is -1.03. The number of benzene rings is 1. The van der Waals surface area contributed by atoms with E-state index in [1.54, 1.807) is 0 Å². The summed E-state index contributed by atoms with van der Waals surface area (Å²) in [6.45, 7) is 6.07. The molecule has 0 aliphatic heterocycles. The molecule has 2 N–H and O–H groups in total. The van der Waals surface area contributed by atoms with Gasteiger partial charge in [-0.05, 0) is 36.5 Å². The third-order valence-corrected chi connectivity index (χ3v) is 3.62. The first-order valence-corrected chi connectivity index (χ1v) is 6.14. The van der Waals surface area contributed by atoms with Crippen LogP contribution in [0.5, 0.6) is 0 Å². The van der Waals surface area contributed by atoms with E-state index >= 15 is 0 Å². The fourth-order valence-corrected chi connectivity index (χ4v) is 1.93. The molecule has 1 unspecified atom stereocenters. The van der Waals surface area contributed by atoms with Gasteiger partial charge in [-0.3, -0.25) is 0 Å². The molecule has 0 saturated carbocycles. The second kappa shape index (κ2) is 5.31. The molecule has 1 aromatic rings. The number of halogens is 3. The molecular formula is C14H20F3N. The van der Waals surface area contributed by atoms with E-state index in [2.05, 4.69) is 0 Å². The second-order valence-electron chi connectivity index (χ2n) is 5.11. The minimum atomic E-state index is -4.28. The van der Waals surface area contributed by atoms with Crippen molar-refractivity contribution in [3.05, 3.63) is 35.4 Å². The molecule has 0 fully saturated rings.